The molecule has 0 bridgehead atoms. The number of rotatable bonds is 4. The number of nitrogens with zero attached hydrogens (tertiary/aromatic N) is 2. The van der Waals surface area contributed by atoms with Crippen molar-refractivity contribution >= 4 is 5.84 Å². The predicted molar refractivity (Wildman–Crippen MR) is 66.7 cm³/mol. The van der Waals surface area contributed by atoms with Crippen LogP contribution in [0.25, 0.3) is 0 Å². The lowest BCUT2D eigenvalue weighted by Gasteiger charge is -2.33. The van der Waals surface area contributed by atoms with Gasteiger partial charge in [0.15, 0.2) is 5.84 Å². The Kier molecular flexibility index (Phi) is 5.60. The fourth-order valence-corrected chi connectivity index (χ4v) is 2.69. The maximum absolute atomic E-state index is 8.78. The summed E-state index contributed by atoms with van der Waals surface area (Å²) in [5.41, 5.74) is 5.73. The van der Waals surface area contributed by atoms with Crippen LogP contribution in [0.2, 0.25) is 0 Å². The molecule has 0 heterocycles. The van der Waals surface area contributed by atoms with Crippen LogP contribution in [-0.2, 0) is 0 Å². The molecule has 4 heteroatoms. The van der Waals surface area contributed by atoms with Crippen molar-refractivity contribution in [3.8, 4) is 0 Å². The van der Waals surface area contributed by atoms with Gasteiger partial charge in [-0.15, -0.1) is 0 Å². The second-order valence-electron chi connectivity index (χ2n) is 4.76. The molecule has 1 saturated carbocycles. The molecule has 0 radical (unpaired) electrons. The summed E-state index contributed by atoms with van der Waals surface area (Å²) in [6, 6.07) is 0.667. The summed E-state index contributed by atoms with van der Waals surface area (Å²) < 4.78 is 0. The number of hydrogen-bond acceptors (Lipinski definition) is 3. The zero-order valence-electron chi connectivity index (χ0n) is 10.5. The lowest BCUT2D eigenvalue weighted by atomic mass is 10.0. The van der Waals surface area contributed by atoms with Crippen LogP contribution in [0.3, 0.4) is 0 Å². The Hall–Kier alpha value is -0.770. The minimum Gasteiger partial charge on any atom is -0.409 e. The van der Waals surface area contributed by atoms with Gasteiger partial charge in [0.25, 0.3) is 0 Å². The molecule has 0 aromatic carbocycles. The molecule has 1 aliphatic carbocycles. The molecule has 1 fully saturated rings. The van der Waals surface area contributed by atoms with Gasteiger partial charge in [-0.1, -0.05) is 37.8 Å². The molecule has 16 heavy (non-hydrogen) atoms. The van der Waals surface area contributed by atoms with E-state index in [2.05, 4.69) is 24.0 Å². The summed E-state index contributed by atoms with van der Waals surface area (Å²) in [6.07, 6.45) is 8.69. The second-order valence-corrected chi connectivity index (χ2v) is 4.76. The van der Waals surface area contributed by atoms with Crippen molar-refractivity contribution in [2.45, 2.75) is 64.0 Å². The Morgan fingerprint density at radius 3 is 2.38 bits per heavy atom. The van der Waals surface area contributed by atoms with Crippen LogP contribution in [-0.4, -0.2) is 35.1 Å². The third-order valence-electron chi connectivity index (χ3n) is 3.74. The molecule has 0 aromatic heterocycles. The number of hydrogen-bond donors (Lipinski definition) is 2. The highest BCUT2D eigenvalue weighted by molar-refractivity contribution is 5.85. The van der Waals surface area contributed by atoms with Gasteiger partial charge in [0.05, 0.1) is 6.04 Å². The van der Waals surface area contributed by atoms with Gasteiger partial charge in [-0.3, -0.25) is 4.90 Å². The van der Waals surface area contributed by atoms with Gasteiger partial charge in [0, 0.05) is 6.04 Å². The van der Waals surface area contributed by atoms with Gasteiger partial charge in [0.2, 0.25) is 0 Å². The molecule has 1 unspecified atom stereocenters. The van der Waals surface area contributed by atoms with Gasteiger partial charge >= 0.3 is 0 Å². The Balaban J connectivity index is 2.61. The van der Waals surface area contributed by atoms with Crippen molar-refractivity contribution in [1.29, 1.82) is 0 Å². The van der Waals surface area contributed by atoms with Crippen LogP contribution in [0, 0.1) is 0 Å². The first-order chi connectivity index (χ1) is 7.70. The largest absolute Gasteiger partial charge is 0.409 e. The van der Waals surface area contributed by atoms with E-state index < -0.39 is 0 Å². The lowest BCUT2D eigenvalue weighted by molar-refractivity contribution is 0.186. The monoisotopic (exact) mass is 227 g/mol. The van der Waals surface area contributed by atoms with E-state index in [1.165, 1.54) is 38.5 Å². The van der Waals surface area contributed by atoms with Crippen LogP contribution >= 0.6 is 0 Å². The quantitative estimate of drug-likeness (QED) is 0.254. The van der Waals surface area contributed by atoms with E-state index in [0.717, 1.165) is 6.42 Å². The molecule has 1 atom stereocenters. The molecule has 0 aliphatic heterocycles. The fourth-order valence-electron chi connectivity index (χ4n) is 2.69. The van der Waals surface area contributed by atoms with Gasteiger partial charge in [-0.05, 0) is 26.3 Å². The molecular weight excluding hydrogens is 202 g/mol. The van der Waals surface area contributed by atoms with Gasteiger partial charge < -0.3 is 10.9 Å². The summed E-state index contributed by atoms with van der Waals surface area (Å²) in [4.78, 5) is 2.29. The summed E-state index contributed by atoms with van der Waals surface area (Å²) in [6.45, 7) is 2.08. The van der Waals surface area contributed by atoms with Gasteiger partial charge in [0.1, 0.15) is 0 Å². The van der Waals surface area contributed by atoms with Gasteiger partial charge in [-0.25, -0.2) is 0 Å². The molecule has 0 spiro atoms. The number of likely N-dealkylation sites (N-methyl/N-ethyl adjacent to an activating group) is 1. The molecule has 0 saturated heterocycles. The highest BCUT2D eigenvalue weighted by atomic mass is 16.4. The minimum absolute atomic E-state index is 0.0769. The maximum atomic E-state index is 8.78. The molecule has 0 aromatic rings. The number of nitrogens with two attached hydrogens (primary N) is 1. The Morgan fingerprint density at radius 1 is 1.38 bits per heavy atom. The topological polar surface area (TPSA) is 61.9 Å². The van der Waals surface area contributed by atoms with Crippen molar-refractivity contribution in [1.82, 2.24) is 4.90 Å². The molecule has 94 valence electrons. The van der Waals surface area contributed by atoms with Crippen LogP contribution in [0.1, 0.15) is 51.9 Å². The smallest absolute Gasteiger partial charge is 0.156 e. The summed E-state index contributed by atoms with van der Waals surface area (Å²) in [5.74, 6) is 0.342. The molecular formula is C12H25N3O. The highest BCUT2D eigenvalue weighted by Crippen LogP contribution is 2.23. The third kappa shape index (κ3) is 3.37. The summed E-state index contributed by atoms with van der Waals surface area (Å²) >= 11 is 0. The van der Waals surface area contributed by atoms with Crippen molar-refractivity contribution < 1.29 is 5.21 Å². The van der Waals surface area contributed by atoms with Crippen molar-refractivity contribution in [3.05, 3.63) is 0 Å². The molecule has 1 aliphatic rings. The first kappa shape index (κ1) is 13.3. The van der Waals surface area contributed by atoms with Crippen molar-refractivity contribution in [2.24, 2.45) is 10.9 Å². The van der Waals surface area contributed by atoms with Crippen LogP contribution in [0.15, 0.2) is 5.16 Å². The zero-order valence-corrected chi connectivity index (χ0v) is 10.5. The van der Waals surface area contributed by atoms with Crippen molar-refractivity contribution in [3.63, 3.8) is 0 Å². The average Bonchev–Trinajstić information content (AvgIpc) is 2.58. The standard InChI is InChI=1S/C12H25N3O/c1-3-11(12(13)14-16)15(2)10-8-6-4-5-7-9-10/h10-11,16H,3-9H2,1-2H3,(H2,13,14). The SMILES string of the molecule is CCC(C(N)=NO)N(C)C1CCCCCC1. The van der Waals surface area contributed by atoms with Crippen LogP contribution in [0.5, 0.6) is 0 Å². The first-order valence-electron chi connectivity index (χ1n) is 6.40. The molecule has 4 nitrogen and oxygen atoms in total. The second kappa shape index (κ2) is 6.74. The van der Waals surface area contributed by atoms with E-state index in [1.54, 1.807) is 0 Å². The summed E-state index contributed by atoms with van der Waals surface area (Å²) in [5, 5.41) is 11.9. The zero-order chi connectivity index (χ0) is 12.0. The highest BCUT2D eigenvalue weighted by Gasteiger charge is 2.25. The van der Waals surface area contributed by atoms with E-state index in [9.17, 15) is 0 Å². The average molecular weight is 227 g/mol. The number of oxime groups is 1. The molecule has 3 N–H and O–H groups in total. The van der Waals surface area contributed by atoms with Crippen LogP contribution < -0.4 is 5.73 Å². The van der Waals surface area contributed by atoms with Gasteiger partial charge in [-0.2, -0.15) is 0 Å². The maximum Gasteiger partial charge on any atom is 0.156 e. The van der Waals surface area contributed by atoms with Crippen LogP contribution in [0.4, 0.5) is 0 Å². The van der Waals surface area contributed by atoms with E-state index in [1.807, 2.05) is 0 Å². The predicted octanol–water partition coefficient (Wildman–Crippen LogP) is 2.17. The third-order valence-corrected chi connectivity index (χ3v) is 3.74. The molecule has 1 rings (SSSR count). The Morgan fingerprint density at radius 2 is 1.94 bits per heavy atom. The van der Waals surface area contributed by atoms with E-state index in [4.69, 9.17) is 10.9 Å². The van der Waals surface area contributed by atoms with E-state index in [0.29, 0.717) is 11.9 Å². The first-order valence-corrected chi connectivity index (χ1v) is 6.40. The fraction of sp³-hybridized carbons (Fsp3) is 0.917. The van der Waals surface area contributed by atoms with E-state index in [-0.39, 0.29) is 6.04 Å². The van der Waals surface area contributed by atoms with Crippen molar-refractivity contribution in [2.75, 3.05) is 7.05 Å². The normalized spacial score (nSPS) is 22.1. The lowest BCUT2D eigenvalue weighted by Crippen LogP contribution is -2.47. The number of amidine groups is 1. The molecule has 0 amide bonds. The summed E-state index contributed by atoms with van der Waals surface area (Å²) in [7, 11) is 2.10. The Labute approximate surface area is 98.5 Å². The Bertz CT molecular complexity index is 222. The van der Waals surface area contributed by atoms with E-state index >= 15 is 0 Å². The minimum atomic E-state index is 0.0769.